The smallest absolute Gasteiger partial charge is 0.207 e. The molecular weight excluding hydrogens is 306 g/mol. The van der Waals surface area contributed by atoms with Crippen molar-refractivity contribution in [2.24, 2.45) is 0 Å². The van der Waals surface area contributed by atoms with Crippen LogP contribution in [-0.2, 0) is 11.3 Å². The van der Waals surface area contributed by atoms with Gasteiger partial charge in [0.15, 0.2) is 0 Å². The molecule has 0 fully saturated rings. The van der Waals surface area contributed by atoms with Gasteiger partial charge in [-0.05, 0) is 47.0 Å². The highest BCUT2D eigenvalue weighted by atomic mass is 79.9. The van der Waals surface area contributed by atoms with Crippen molar-refractivity contribution >= 4 is 27.6 Å². The van der Waals surface area contributed by atoms with Crippen molar-refractivity contribution in [3.05, 3.63) is 40.1 Å². The molecule has 5 heteroatoms. The van der Waals surface area contributed by atoms with Crippen LogP contribution in [0, 0.1) is 13.8 Å². The fourth-order valence-electron chi connectivity index (χ4n) is 1.99. The topological polar surface area (TPSA) is 39.1 Å². The first-order valence-electron chi connectivity index (χ1n) is 6.15. The number of nitrogens with zero attached hydrogens (tertiary/aromatic N) is 2. The summed E-state index contributed by atoms with van der Waals surface area (Å²) in [7, 11) is 1.70. The lowest BCUT2D eigenvalue weighted by atomic mass is 10.1. The fraction of sp³-hybridized carbons (Fsp3) is 0.357. The van der Waals surface area contributed by atoms with Crippen molar-refractivity contribution in [2.45, 2.75) is 20.4 Å². The minimum atomic E-state index is 0.666. The summed E-state index contributed by atoms with van der Waals surface area (Å²) in [5.74, 6) is 0.824. The number of anilines is 2. The van der Waals surface area contributed by atoms with Crippen molar-refractivity contribution in [2.75, 3.05) is 19.0 Å². The quantitative estimate of drug-likeness (QED) is 0.912. The van der Waals surface area contributed by atoms with Crippen molar-refractivity contribution in [3.8, 4) is 0 Å². The molecule has 1 N–H and O–H groups in total. The molecule has 19 heavy (non-hydrogen) atoms. The summed E-state index contributed by atoms with van der Waals surface area (Å²) >= 11 is 3.60. The maximum absolute atomic E-state index is 5.10. The van der Waals surface area contributed by atoms with Crippen LogP contribution >= 0.6 is 15.9 Å². The molecule has 2 aromatic rings. The SMILES string of the molecule is COCCn1ccnc1Nc1c(C)cc(C)cc1Br. The van der Waals surface area contributed by atoms with Crippen molar-refractivity contribution in [1.29, 1.82) is 0 Å². The van der Waals surface area contributed by atoms with Gasteiger partial charge in [0.1, 0.15) is 0 Å². The number of benzene rings is 1. The van der Waals surface area contributed by atoms with Gasteiger partial charge in [0.25, 0.3) is 0 Å². The number of imidazole rings is 1. The normalized spacial score (nSPS) is 10.7. The van der Waals surface area contributed by atoms with Crippen LogP contribution in [0.2, 0.25) is 0 Å². The van der Waals surface area contributed by atoms with Gasteiger partial charge in [-0.2, -0.15) is 0 Å². The van der Waals surface area contributed by atoms with Crippen LogP contribution in [0.5, 0.6) is 0 Å². The molecule has 0 bridgehead atoms. The highest BCUT2D eigenvalue weighted by Gasteiger charge is 2.08. The molecule has 0 aliphatic rings. The zero-order valence-electron chi connectivity index (χ0n) is 11.4. The zero-order valence-corrected chi connectivity index (χ0v) is 13.0. The lowest BCUT2D eigenvalue weighted by molar-refractivity contribution is 0.188. The Hall–Kier alpha value is -1.33. The summed E-state index contributed by atoms with van der Waals surface area (Å²) in [6, 6.07) is 4.24. The Morgan fingerprint density at radius 2 is 2.16 bits per heavy atom. The third kappa shape index (κ3) is 3.36. The average molecular weight is 324 g/mol. The summed E-state index contributed by atoms with van der Waals surface area (Å²) in [6.07, 6.45) is 3.73. The Labute approximate surface area is 121 Å². The molecule has 0 saturated carbocycles. The molecule has 0 aliphatic carbocycles. The van der Waals surface area contributed by atoms with Crippen LogP contribution in [-0.4, -0.2) is 23.3 Å². The lowest BCUT2D eigenvalue weighted by Gasteiger charge is -2.14. The summed E-state index contributed by atoms with van der Waals surface area (Å²) in [6.45, 7) is 5.62. The Morgan fingerprint density at radius 3 is 2.84 bits per heavy atom. The van der Waals surface area contributed by atoms with E-state index in [0.717, 1.165) is 22.7 Å². The first-order chi connectivity index (χ1) is 9.11. The molecule has 0 atom stereocenters. The first-order valence-corrected chi connectivity index (χ1v) is 6.95. The largest absolute Gasteiger partial charge is 0.383 e. The first kappa shape index (κ1) is 14.1. The number of hydrogen-bond acceptors (Lipinski definition) is 3. The predicted molar refractivity (Wildman–Crippen MR) is 81.0 cm³/mol. The molecule has 0 amide bonds. The number of rotatable bonds is 5. The second-order valence-corrected chi connectivity index (χ2v) is 5.36. The number of methoxy groups -OCH3 is 1. The highest BCUT2D eigenvalue weighted by Crippen LogP contribution is 2.30. The van der Waals surface area contributed by atoms with Gasteiger partial charge in [-0.1, -0.05) is 6.07 Å². The second-order valence-electron chi connectivity index (χ2n) is 4.50. The summed E-state index contributed by atoms with van der Waals surface area (Å²) in [5.41, 5.74) is 3.47. The average Bonchev–Trinajstić information content (AvgIpc) is 2.78. The third-order valence-corrected chi connectivity index (χ3v) is 3.55. The van der Waals surface area contributed by atoms with Crippen LogP contribution in [0.15, 0.2) is 29.0 Å². The Morgan fingerprint density at radius 1 is 1.37 bits per heavy atom. The van der Waals surface area contributed by atoms with E-state index in [0.29, 0.717) is 6.61 Å². The Bertz CT molecular complexity index is 543. The fourth-order valence-corrected chi connectivity index (χ4v) is 2.76. The standard InChI is InChI=1S/C14H18BrN3O/c1-10-8-11(2)13(12(15)9-10)17-14-16-4-5-18(14)6-7-19-3/h4-5,8-9H,6-7H2,1-3H3,(H,16,17). The van der Waals surface area contributed by atoms with E-state index < -0.39 is 0 Å². The number of hydrogen-bond donors (Lipinski definition) is 1. The zero-order chi connectivity index (χ0) is 13.8. The molecule has 2 rings (SSSR count). The van der Waals surface area contributed by atoms with Crippen molar-refractivity contribution in [1.82, 2.24) is 9.55 Å². The number of ether oxygens (including phenoxy) is 1. The highest BCUT2D eigenvalue weighted by molar-refractivity contribution is 9.10. The number of halogens is 1. The van der Waals surface area contributed by atoms with Crippen LogP contribution in [0.1, 0.15) is 11.1 Å². The third-order valence-electron chi connectivity index (χ3n) is 2.92. The van der Waals surface area contributed by atoms with Gasteiger partial charge < -0.3 is 14.6 Å². The van der Waals surface area contributed by atoms with Gasteiger partial charge in [-0.15, -0.1) is 0 Å². The Kier molecular flexibility index (Phi) is 4.61. The van der Waals surface area contributed by atoms with E-state index in [1.54, 1.807) is 13.3 Å². The molecule has 0 radical (unpaired) electrons. The molecular formula is C14H18BrN3O. The molecule has 102 valence electrons. The summed E-state index contributed by atoms with van der Waals surface area (Å²) in [4.78, 5) is 4.34. The minimum Gasteiger partial charge on any atom is -0.383 e. The maximum atomic E-state index is 5.10. The number of aryl methyl sites for hydroxylation is 2. The van der Waals surface area contributed by atoms with Crippen molar-refractivity contribution < 1.29 is 4.74 Å². The van der Waals surface area contributed by atoms with Gasteiger partial charge in [-0.3, -0.25) is 0 Å². The molecule has 4 nitrogen and oxygen atoms in total. The molecule has 0 unspecified atom stereocenters. The van der Waals surface area contributed by atoms with Gasteiger partial charge in [-0.25, -0.2) is 4.98 Å². The number of aromatic nitrogens is 2. The second kappa shape index (κ2) is 6.21. The Balaban J connectivity index is 2.24. The van der Waals surface area contributed by atoms with Gasteiger partial charge in [0.05, 0.1) is 12.3 Å². The molecule has 1 aromatic carbocycles. The predicted octanol–water partition coefficient (Wildman–Crippen LogP) is 3.65. The van der Waals surface area contributed by atoms with E-state index in [4.69, 9.17) is 4.74 Å². The van der Waals surface area contributed by atoms with Crippen molar-refractivity contribution in [3.63, 3.8) is 0 Å². The summed E-state index contributed by atoms with van der Waals surface area (Å²) < 4.78 is 8.18. The van der Waals surface area contributed by atoms with Crippen LogP contribution in [0.3, 0.4) is 0 Å². The van der Waals surface area contributed by atoms with E-state index in [1.807, 2.05) is 10.8 Å². The molecule has 0 saturated heterocycles. The number of nitrogens with one attached hydrogen (secondary N) is 1. The molecule has 1 heterocycles. The molecule has 1 aromatic heterocycles. The summed E-state index contributed by atoms with van der Waals surface area (Å²) in [5, 5.41) is 3.37. The van der Waals surface area contributed by atoms with Crippen LogP contribution < -0.4 is 5.32 Å². The van der Waals surface area contributed by atoms with E-state index in [-0.39, 0.29) is 0 Å². The van der Waals surface area contributed by atoms with E-state index >= 15 is 0 Å². The van der Waals surface area contributed by atoms with E-state index in [1.165, 1.54) is 11.1 Å². The van der Waals surface area contributed by atoms with Gasteiger partial charge in [0.2, 0.25) is 5.95 Å². The maximum Gasteiger partial charge on any atom is 0.207 e. The monoisotopic (exact) mass is 323 g/mol. The van der Waals surface area contributed by atoms with E-state index in [2.05, 4.69) is 52.2 Å². The van der Waals surface area contributed by atoms with Gasteiger partial charge in [0, 0.05) is 30.5 Å². The van der Waals surface area contributed by atoms with Crippen LogP contribution in [0.25, 0.3) is 0 Å². The minimum absolute atomic E-state index is 0.666. The van der Waals surface area contributed by atoms with E-state index in [9.17, 15) is 0 Å². The van der Waals surface area contributed by atoms with Crippen LogP contribution in [0.4, 0.5) is 11.6 Å². The molecule has 0 aliphatic heterocycles. The lowest BCUT2D eigenvalue weighted by Crippen LogP contribution is -2.08. The van der Waals surface area contributed by atoms with Gasteiger partial charge >= 0.3 is 0 Å². The molecule has 0 spiro atoms.